The van der Waals surface area contributed by atoms with E-state index in [1.165, 1.54) is 6.26 Å². The molecule has 0 aliphatic rings. The second kappa shape index (κ2) is 5.14. The van der Waals surface area contributed by atoms with E-state index in [4.69, 9.17) is 0 Å². The third kappa shape index (κ3) is 2.94. The summed E-state index contributed by atoms with van der Waals surface area (Å²) in [5, 5.41) is 3.62. The first-order valence-electron chi connectivity index (χ1n) is 5.07. The quantitative estimate of drug-likeness (QED) is 0.874. The number of hydrogen-bond donors (Lipinski definition) is 0. The summed E-state index contributed by atoms with van der Waals surface area (Å²) in [7, 11) is 1.74. The van der Waals surface area contributed by atoms with Crippen LogP contribution in [0, 0.1) is 0 Å². The second-order valence-electron chi connectivity index (χ2n) is 3.67. The highest BCUT2D eigenvalue weighted by Crippen LogP contribution is 2.12. The number of nitrogens with zero attached hydrogens (tertiary/aromatic N) is 2. The molecule has 0 saturated carbocycles. The lowest BCUT2D eigenvalue weighted by molar-refractivity contribution is 0.0775. The van der Waals surface area contributed by atoms with E-state index in [2.05, 4.69) is 25.6 Å². The highest BCUT2D eigenvalue weighted by molar-refractivity contribution is 9.10. The van der Waals surface area contributed by atoms with Crippen molar-refractivity contribution in [2.45, 2.75) is 6.54 Å². The van der Waals surface area contributed by atoms with Gasteiger partial charge in [0.05, 0.1) is 0 Å². The van der Waals surface area contributed by atoms with Gasteiger partial charge in [0.15, 0.2) is 5.69 Å². The molecule has 0 N–H and O–H groups in total. The van der Waals surface area contributed by atoms with E-state index >= 15 is 0 Å². The lowest BCUT2D eigenvalue weighted by atomic mass is 10.2. The molecule has 0 aliphatic heterocycles. The first-order chi connectivity index (χ1) is 8.16. The Morgan fingerprint density at radius 2 is 2.06 bits per heavy atom. The summed E-state index contributed by atoms with van der Waals surface area (Å²) in [6.45, 7) is 0.541. The molecule has 1 amide bonds. The number of aromatic nitrogens is 1. The monoisotopic (exact) mass is 294 g/mol. The Morgan fingerprint density at radius 1 is 1.35 bits per heavy atom. The second-order valence-corrected chi connectivity index (χ2v) is 4.59. The molecule has 0 fully saturated rings. The van der Waals surface area contributed by atoms with Gasteiger partial charge >= 0.3 is 0 Å². The van der Waals surface area contributed by atoms with Crippen molar-refractivity contribution in [2.75, 3.05) is 7.05 Å². The largest absolute Gasteiger partial charge is 0.364 e. The highest BCUT2D eigenvalue weighted by Gasteiger charge is 2.14. The van der Waals surface area contributed by atoms with Crippen LogP contribution in [-0.2, 0) is 6.54 Å². The molecule has 0 radical (unpaired) electrons. The predicted molar refractivity (Wildman–Crippen MR) is 66.4 cm³/mol. The van der Waals surface area contributed by atoms with Gasteiger partial charge in [0.1, 0.15) is 6.26 Å². The van der Waals surface area contributed by atoms with Crippen molar-refractivity contribution in [3.05, 3.63) is 52.3 Å². The summed E-state index contributed by atoms with van der Waals surface area (Å²) in [6.07, 6.45) is 1.39. The van der Waals surface area contributed by atoms with Gasteiger partial charge in [0, 0.05) is 24.1 Å². The summed E-state index contributed by atoms with van der Waals surface area (Å²) < 4.78 is 5.67. The maximum atomic E-state index is 11.9. The number of rotatable bonds is 3. The van der Waals surface area contributed by atoms with Crippen molar-refractivity contribution in [1.29, 1.82) is 0 Å². The molecule has 0 atom stereocenters. The van der Waals surface area contributed by atoms with E-state index in [1.54, 1.807) is 18.0 Å². The summed E-state index contributed by atoms with van der Waals surface area (Å²) in [6, 6.07) is 9.39. The summed E-state index contributed by atoms with van der Waals surface area (Å²) in [5.41, 5.74) is 1.39. The van der Waals surface area contributed by atoms with Gasteiger partial charge in [-0.3, -0.25) is 4.79 Å². The van der Waals surface area contributed by atoms with Crippen LogP contribution in [0.1, 0.15) is 16.1 Å². The van der Waals surface area contributed by atoms with Crippen LogP contribution in [0.2, 0.25) is 0 Å². The van der Waals surface area contributed by atoms with Gasteiger partial charge in [-0.2, -0.15) is 0 Å². The molecule has 1 aromatic carbocycles. The van der Waals surface area contributed by atoms with E-state index < -0.39 is 0 Å². The van der Waals surface area contributed by atoms with Crippen LogP contribution in [-0.4, -0.2) is 23.0 Å². The van der Waals surface area contributed by atoms with E-state index in [0.29, 0.717) is 12.2 Å². The van der Waals surface area contributed by atoms with Crippen molar-refractivity contribution in [3.8, 4) is 0 Å². The molecule has 0 bridgehead atoms. The summed E-state index contributed by atoms with van der Waals surface area (Å²) in [4.78, 5) is 13.5. The number of amides is 1. The molecule has 0 aliphatic carbocycles. The maximum Gasteiger partial charge on any atom is 0.276 e. The molecule has 88 valence electrons. The zero-order chi connectivity index (χ0) is 12.3. The summed E-state index contributed by atoms with van der Waals surface area (Å²) in [5.74, 6) is -0.151. The average Bonchev–Trinajstić information content (AvgIpc) is 2.84. The minimum Gasteiger partial charge on any atom is -0.364 e. The molecular formula is C12H11BrN2O2. The van der Waals surface area contributed by atoms with Crippen molar-refractivity contribution in [1.82, 2.24) is 10.1 Å². The van der Waals surface area contributed by atoms with Crippen LogP contribution in [0.5, 0.6) is 0 Å². The molecule has 17 heavy (non-hydrogen) atoms. The van der Waals surface area contributed by atoms with E-state index in [9.17, 15) is 4.79 Å². The number of hydrogen-bond acceptors (Lipinski definition) is 3. The average molecular weight is 295 g/mol. The zero-order valence-electron chi connectivity index (χ0n) is 9.26. The molecule has 0 unspecified atom stereocenters. The van der Waals surface area contributed by atoms with Gasteiger partial charge in [-0.25, -0.2) is 0 Å². The lowest BCUT2D eigenvalue weighted by Crippen LogP contribution is -2.26. The SMILES string of the molecule is CN(Cc1ccc(Br)cc1)C(=O)c1ccon1. The van der Waals surface area contributed by atoms with Crippen LogP contribution in [0.4, 0.5) is 0 Å². The van der Waals surface area contributed by atoms with Crippen LogP contribution in [0.3, 0.4) is 0 Å². The molecule has 0 spiro atoms. The van der Waals surface area contributed by atoms with Gasteiger partial charge in [-0.15, -0.1) is 0 Å². The summed E-state index contributed by atoms with van der Waals surface area (Å²) >= 11 is 3.37. The van der Waals surface area contributed by atoms with Gasteiger partial charge in [-0.1, -0.05) is 33.2 Å². The molecule has 1 aromatic heterocycles. The van der Waals surface area contributed by atoms with Crippen LogP contribution in [0.25, 0.3) is 0 Å². The van der Waals surface area contributed by atoms with Gasteiger partial charge in [-0.05, 0) is 17.7 Å². The first kappa shape index (κ1) is 11.9. The van der Waals surface area contributed by atoms with Crippen LogP contribution in [0.15, 0.2) is 45.6 Å². The molecule has 0 saturated heterocycles. The lowest BCUT2D eigenvalue weighted by Gasteiger charge is -2.15. The minimum atomic E-state index is -0.151. The zero-order valence-corrected chi connectivity index (χ0v) is 10.8. The van der Waals surface area contributed by atoms with Crippen molar-refractivity contribution >= 4 is 21.8 Å². The van der Waals surface area contributed by atoms with Crippen LogP contribution >= 0.6 is 15.9 Å². The maximum absolute atomic E-state index is 11.9. The van der Waals surface area contributed by atoms with Crippen LogP contribution < -0.4 is 0 Å². The van der Waals surface area contributed by atoms with Gasteiger partial charge in [0.2, 0.25) is 0 Å². The van der Waals surface area contributed by atoms with E-state index in [1.807, 2.05) is 24.3 Å². The van der Waals surface area contributed by atoms with E-state index in [-0.39, 0.29) is 5.91 Å². The Balaban J connectivity index is 2.04. The normalized spacial score (nSPS) is 10.2. The third-order valence-corrected chi connectivity index (χ3v) is 2.87. The molecule has 4 nitrogen and oxygen atoms in total. The topological polar surface area (TPSA) is 46.3 Å². The molecular weight excluding hydrogens is 284 g/mol. The number of benzene rings is 1. The van der Waals surface area contributed by atoms with Gasteiger partial charge in [0.25, 0.3) is 5.91 Å². The molecule has 1 heterocycles. The minimum absolute atomic E-state index is 0.151. The third-order valence-electron chi connectivity index (χ3n) is 2.34. The number of carbonyl (C=O) groups is 1. The van der Waals surface area contributed by atoms with Crippen molar-refractivity contribution in [3.63, 3.8) is 0 Å². The smallest absolute Gasteiger partial charge is 0.276 e. The highest BCUT2D eigenvalue weighted by atomic mass is 79.9. The number of halogens is 1. The van der Waals surface area contributed by atoms with Gasteiger partial charge < -0.3 is 9.42 Å². The Kier molecular flexibility index (Phi) is 3.58. The van der Waals surface area contributed by atoms with Crippen molar-refractivity contribution < 1.29 is 9.32 Å². The Bertz CT molecular complexity index is 494. The van der Waals surface area contributed by atoms with E-state index in [0.717, 1.165) is 10.0 Å². The molecule has 5 heteroatoms. The molecule has 2 aromatic rings. The fourth-order valence-corrected chi connectivity index (χ4v) is 1.72. The predicted octanol–water partition coefficient (Wildman–Crippen LogP) is 2.71. The Labute approximate surface area is 107 Å². The first-order valence-corrected chi connectivity index (χ1v) is 5.86. The molecule has 2 rings (SSSR count). The Hall–Kier alpha value is -1.62. The number of carbonyl (C=O) groups excluding carboxylic acids is 1. The fraction of sp³-hybridized carbons (Fsp3) is 0.167. The Morgan fingerprint density at radius 3 is 2.65 bits per heavy atom. The fourth-order valence-electron chi connectivity index (χ4n) is 1.45. The van der Waals surface area contributed by atoms with Crippen molar-refractivity contribution in [2.24, 2.45) is 0 Å². The standard InChI is InChI=1S/C12H11BrN2O2/c1-15(12(16)11-6-7-17-14-11)8-9-2-4-10(13)5-3-9/h2-7H,8H2,1H3.